The summed E-state index contributed by atoms with van der Waals surface area (Å²) in [5, 5.41) is 3.51. The van der Waals surface area contributed by atoms with Crippen molar-refractivity contribution in [2.45, 2.75) is 51.1 Å². The van der Waals surface area contributed by atoms with Crippen molar-refractivity contribution in [3.8, 4) is 0 Å². The molecule has 0 aromatic heterocycles. The van der Waals surface area contributed by atoms with Crippen LogP contribution in [0.15, 0.2) is 0 Å². The topological polar surface area (TPSA) is 46.2 Å². The fourth-order valence-corrected chi connectivity index (χ4v) is 4.37. The molecule has 1 saturated heterocycles. The molecule has 2 fully saturated rings. The molecule has 1 aliphatic carbocycles. The maximum atomic E-state index is 11.3. The predicted molar refractivity (Wildman–Crippen MR) is 61.6 cm³/mol. The minimum absolute atomic E-state index is 0.230. The van der Waals surface area contributed by atoms with Crippen LogP contribution in [0.1, 0.15) is 39.0 Å². The molecule has 0 aromatic carbocycles. The van der Waals surface area contributed by atoms with Crippen molar-refractivity contribution in [3.05, 3.63) is 0 Å². The second-order valence-electron chi connectivity index (χ2n) is 5.22. The highest BCUT2D eigenvalue weighted by Crippen LogP contribution is 2.24. The molecule has 15 heavy (non-hydrogen) atoms. The average Bonchev–Trinajstić information content (AvgIpc) is 2.50. The number of hydrogen-bond acceptors (Lipinski definition) is 3. The lowest BCUT2D eigenvalue weighted by atomic mass is 9.87. The maximum absolute atomic E-state index is 11.3. The highest BCUT2D eigenvalue weighted by Gasteiger charge is 2.30. The van der Waals surface area contributed by atoms with Gasteiger partial charge in [-0.05, 0) is 38.0 Å². The molecule has 0 bridgehead atoms. The van der Waals surface area contributed by atoms with Gasteiger partial charge < -0.3 is 5.32 Å². The molecule has 2 aliphatic rings. The first-order valence-corrected chi connectivity index (χ1v) is 7.84. The van der Waals surface area contributed by atoms with Gasteiger partial charge in [-0.3, -0.25) is 0 Å². The molecular formula is C11H21NO2S. The highest BCUT2D eigenvalue weighted by molar-refractivity contribution is 7.91. The second-order valence-corrected chi connectivity index (χ2v) is 7.45. The van der Waals surface area contributed by atoms with Gasteiger partial charge in [0.15, 0.2) is 9.84 Å². The highest BCUT2D eigenvalue weighted by atomic mass is 32.2. The third kappa shape index (κ3) is 3.18. The van der Waals surface area contributed by atoms with E-state index in [2.05, 4.69) is 12.2 Å². The molecule has 1 heterocycles. The molecule has 88 valence electrons. The summed E-state index contributed by atoms with van der Waals surface area (Å²) in [6.45, 7) is 2.30. The van der Waals surface area contributed by atoms with Crippen LogP contribution in [0.5, 0.6) is 0 Å². The van der Waals surface area contributed by atoms with E-state index in [1.807, 2.05) is 0 Å². The van der Waals surface area contributed by atoms with Crippen LogP contribution in [0, 0.1) is 5.92 Å². The molecule has 1 atom stereocenters. The fraction of sp³-hybridized carbons (Fsp3) is 1.00. The molecule has 0 amide bonds. The lowest BCUT2D eigenvalue weighted by Crippen LogP contribution is -2.40. The van der Waals surface area contributed by atoms with Gasteiger partial charge in [-0.2, -0.15) is 0 Å². The Bertz CT molecular complexity index is 305. The van der Waals surface area contributed by atoms with Gasteiger partial charge in [0.25, 0.3) is 0 Å². The Kier molecular flexibility index (Phi) is 3.36. The number of rotatable bonds is 2. The Morgan fingerprint density at radius 2 is 1.67 bits per heavy atom. The van der Waals surface area contributed by atoms with Crippen molar-refractivity contribution in [2.75, 3.05) is 11.5 Å². The molecule has 1 aliphatic heterocycles. The van der Waals surface area contributed by atoms with Crippen LogP contribution >= 0.6 is 0 Å². The number of hydrogen-bond donors (Lipinski definition) is 1. The number of sulfone groups is 1. The second kappa shape index (κ2) is 4.42. The summed E-state index contributed by atoms with van der Waals surface area (Å²) in [6, 6.07) is 0.799. The van der Waals surface area contributed by atoms with Crippen LogP contribution in [-0.4, -0.2) is 32.0 Å². The van der Waals surface area contributed by atoms with Crippen molar-refractivity contribution in [1.82, 2.24) is 5.32 Å². The van der Waals surface area contributed by atoms with Crippen molar-refractivity contribution in [3.63, 3.8) is 0 Å². The summed E-state index contributed by atoms with van der Waals surface area (Å²) < 4.78 is 22.6. The zero-order valence-electron chi connectivity index (χ0n) is 9.41. The van der Waals surface area contributed by atoms with Crippen LogP contribution in [0.2, 0.25) is 0 Å². The zero-order valence-corrected chi connectivity index (χ0v) is 10.2. The molecular weight excluding hydrogens is 210 g/mol. The van der Waals surface area contributed by atoms with E-state index in [0.717, 1.165) is 12.3 Å². The Labute approximate surface area is 92.6 Å². The van der Waals surface area contributed by atoms with Gasteiger partial charge in [-0.15, -0.1) is 0 Å². The third-order valence-corrected chi connectivity index (χ3v) is 5.49. The quantitative estimate of drug-likeness (QED) is 0.780. The molecule has 2 rings (SSSR count). The standard InChI is InChI=1S/C11H21NO2S/c1-9-2-4-10(5-3-9)12-11-6-7-15(13,14)8-11/h9-12H,2-8H2,1H3. The average molecular weight is 231 g/mol. The van der Waals surface area contributed by atoms with E-state index < -0.39 is 9.84 Å². The first kappa shape index (κ1) is 11.4. The van der Waals surface area contributed by atoms with Crippen LogP contribution in [0.3, 0.4) is 0 Å². The Morgan fingerprint density at radius 1 is 1.00 bits per heavy atom. The molecule has 0 aromatic rings. The van der Waals surface area contributed by atoms with Crippen molar-refractivity contribution in [2.24, 2.45) is 5.92 Å². The van der Waals surface area contributed by atoms with Gasteiger partial charge in [0, 0.05) is 12.1 Å². The number of nitrogens with one attached hydrogen (secondary N) is 1. The van der Waals surface area contributed by atoms with Gasteiger partial charge in [0.1, 0.15) is 0 Å². The minimum Gasteiger partial charge on any atom is -0.310 e. The van der Waals surface area contributed by atoms with Crippen LogP contribution in [0.4, 0.5) is 0 Å². The fourth-order valence-electron chi connectivity index (χ4n) is 2.69. The molecule has 1 N–H and O–H groups in total. The van der Waals surface area contributed by atoms with Crippen LogP contribution in [0.25, 0.3) is 0 Å². The van der Waals surface area contributed by atoms with Gasteiger partial charge in [0.05, 0.1) is 11.5 Å². The zero-order chi connectivity index (χ0) is 10.9. The van der Waals surface area contributed by atoms with Gasteiger partial charge >= 0.3 is 0 Å². The molecule has 0 radical (unpaired) electrons. The summed E-state index contributed by atoms with van der Waals surface area (Å²) in [6.07, 6.45) is 5.83. The van der Waals surface area contributed by atoms with Gasteiger partial charge in [-0.25, -0.2) is 8.42 Å². The van der Waals surface area contributed by atoms with Crippen molar-refractivity contribution in [1.29, 1.82) is 0 Å². The summed E-state index contributed by atoms with van der Waals surface area (Å²) >= 11 is 0. The van der Waals surface area contributed by atoms with E-state index in [1.165, 1.54) is 25.7 Å². The molecule has 0 spiro atoms. The first-order chi connectivity index (χ1) is 7.05. The molecule has 3 nitrogen and oxygen atoms in total. The minimum atomic E-state index is -2.72. The van der Waals surface area contributed by atoms with E-state index in [9.17, 15) is 8.42 Å². The lowest BCUT2D eigenvalue weighted by molar-refractivity contribution is 0.291. The lowest BCUT2D eigenvalue weighted by Gasteiger charge is -2.29. The third-order valence-electron chi connectivity index (χ3n) is 3.72. The van der Waals surface area contributed by atoms with Crippen molar-refractivity contribution < 1.29 is 8.42 Å². The summed E-state index contributed by atoms with van der Waals surface area (Å²) in [7, 11) is -2.72. The Balaban J connectivity index is 1.78. The van der Waals surface area contributed by atoms with E-state index in [0.29, 0.717) is 17.5 Å². The Morgan fingerprint density at radius 3 is 2.20 bits per heavy atom. The van der Waals surface area contributed by atoms with E-state index in [1.54, 1.807) is 0 Å². The van der Waals surface area contributed by atoms with E-state index in [-0.39, 0.29) is 6.04 Å². The van der Waals surface area contributed by atoms with E-state index in [4.69, 9.17) is 0 Å². The molecule has 4 heteroatoms. The summed E-state index contributed by atoms with van der Waals surface area (Å²) in [5.41, 5.74) is 0. The SMILES string of the molecule is CC1CCC(NC2CCS(=O)(=O)C2)CC1. The largest absolute Gasteiger partial charge is 0.310 e. The van der Waals surface area contributed by atoms with Gasteiger partial charge in [-0.1, -0.05) is 6.92 Å². The normalized spacial score (nSPS) is 40.5. The smallest absolute Gasteiger partial charge is 0.151 e. The molecule has 1 saturated carbocycles. The summed E-state index contributed by atoms with van der Waals surface area (Å²) in [4.78, 5) is 0. The maximum Gasteiger partial charge on any atom is 0.151 e. The van der Waals surface area contributed by atoms with Crippen LogP contribution < -0.4 is 5.32 Å². The Hall–Kier alpha value is -0.0900. The van der Waals surface area contributed by atoms with E-state index >= 15 is 0 Å². The predicted octanol–water partition coefficient (Wildman–Crippen LogP) is 1.34. The van der Waals surface area contributed by atoms with Crippen LogP contribution in [-0.2, 0) is 9.84 Å². The van der Waals surface area contributed by atoms with Crippen molar-refractivity contribution >= 4 is 9.84 Å². The van der Waals surface area contributed by atoms with Gasteiger partial charge in [0.2, 0.25) is 0 Å². The molecule has 1 unspecified atom stereocenters. The monoisotopic (exact) mass is 231 g/mol. The summed E-state index contributed by atoms with van der Waals surface area (Å²) in [5.74, 6) is 1.60. The first-order valence-electron chi connectivity index (χ1n) is 6.01.